The van der Waals surface area contributed by atoms with Gasteiger partial charge in [0, 0.05) is 0 Å². The second-order valence-corrected chi connectivity index (χ2v) is 5.50. The molecule has 1 N–H and O–H groups in total. The first-order valence-electron chi connectivity index (χ1n) is 6.23. The summed E-state index contributed by atoms with van der Waals surface area (Å²) in [5.74, 6) is -0.235. The number of hydrogen-bond acceptors (Lipinski definition) is 1. The van der Waals surface area contributed by atoms with Crippen LogP contribution in [0.2, 0.25) is 0 Å². The first-order chi connectivity index (χ1) is 9.04. The molecular weight excluding hydrogens is 305 g/mol. The molecule has 100 valence electrons. The number of benzene rings is 2. The Balaban J connectivity index is 2.50. The molecule has 0 radical (unpaired) electrons. The molecule has 3 heteroatoms. The lowest BCUT2D eigenvalue weighted by Crippen LogP contribution is -2.18. The minimum Gasteiger partial charge on any atom is -0.309 e. The average molecular weight is 322 g/mol. The van der Waals surface area contributed by atoms with Gasteiger partial charge >= 0.3 is 0 Å². The van der Waals surface area contributed by atoms with E-state index in [-0.39, 0.29) is 11.9 Å². The molecular formula is C16H17BrFN. The molecule has 1 unspecified atom stereocenters. The summed E-state index contributed by atoms with van der Waals surface area (Å²) >= 11 is 3.34. The van der Waals surface area contributed by atoms with Crippen LogP contribution in [0, 0.1) is 19.7 Å². The topological polar surface area (TPSA) is 12.0 Å². The van der Waals surface area contributed by atoms with Crippen LogP contribution in [0.15, 0.2) is 40.9 Å². The molecule has 0 saturated heterocycles. The van der Waals surface area contributed by atoms with Gasteiger partial charge in [-0.3, -0.25) is 0 Å². The molecule has 0 aliphatic carbocycles. The second-order valence-electron chi connectivity index (χ2n) is 4.71. The molecule has 19 heavy (non-hydrogen) atoms. The van der Waals surface area contributed by atoms with Crippen LogP contribution in [-0.4, -0.2) is 7.05 Å². The molecule has 0 bridgehead atoms. The maximum Gasteiger partial charge on any atom is 0.137 e. The first-order valence-corrected chi connectivity index (χ1v) is 7.02. The minimum absolute atomic E-state index is 0.0237. The third-order valence-electron chi connectivity index (χ3n) is 3.45. The van der Waals surface area contributed by atoms with E-state index in [1.165, 1.54) is 17.2 Å². The Morgan fingerprint density at radius 2 is 1.84 bits per heavy atom. The molecule has 0 fully saturated rings. The summed E-state index contributed by atoms with van der Waals surface area (Å²) in [6.45, 7) is 4.18. The molecule has 0 heterocycles. The van der Waals surface area contributed by atoms with Gasteiger partial charge in [0.15, 0.2) is 0 Å². The van der Waals surface area contributed by atoms with Crippen LogP contribution in [-0.2, 0) is 0 Å². The zero-order chi connectivity index (χ0) is 14.0. The van der Waals surface area contributed by atoms with E-state index in [9.17, 15) is 4.39 Å². The van der Waals surface area contributed by atoms with E-state index in [4.69, 9.17) is 0 Å². The third kappa shape index (κ3) is 2.88. The SMILES string of the molecule is CNC(c1ccc(C)c(C)c1)c1cccc(F)c1Br. The van der Waals surface area contributed by atoms with Crippen molar-refractivity contribution < 1.29 is 4.39 Å². The zero-order valence-electron chi connectivity index (χ0n) is 11.3. The fraction of sp³-hybridized carbons (Fsp3) is 0.250. The number of aryl methyl sites for hydroxylation is 2. The highest BCUT2D eigenvalue weighted by molar-refractivity contribution is 9.10. The second kappa shape index (κ2) is 5.85. The lowest BCUT2D eigenvalue weighted by atomic mass is 9.96. The Kier molecular flexibility index (Phi) is 4.38. The van der Waals surface area contributed by atoms with Crippen molar-refractivity contribution >= 4 is 15.9 Å². The van der Waals surface area contributed by atoms with Crippen LogP contribution < -0.4 is 5.32 Å². The van der Waals surface area contributed by atoms with Gasteiger partial charge in [0.05, 0.1) is 10.5 Å². The van der Waals surface area contributed by atoms with Gasteiger partial charge in [-0.2, -0.15) is 0 Å². The standard InChI is InChI=1S/C16H17BrFN/c1-10-7-8-12(9-11(10)2)16(19-3)13-5-4-6-14(18)15(13)17/h4-9,16,19H,1-3H3. The molecule has 0 aromatic heterocycles. The van der Waals surface area contributed by atoms with E-state index in [0.29, 0.717) is 4.47 Å². The summed E-state index contributed by atoms with van der Waals surface area (Å²) in [7, 11) is 1.89. The molecule has 0 saturated carbocycles. The van der Waals surface area contributed by atoms with Crippen molar-refractivity contribution in [1.29, 1.82) is 0 Å². The summed E-state index contributed by atoms with van der Waals surface area (Å²) in [6.07, 6.45) is 0. The van der Waals surface area contributed by atoms with Crippen molar-refractivity contribution in [3.8, 4) is 0 Å². The summed E-state index contributed by atoms with van der Waals surface area (Å²) in [5, 5.41) is 3.25. The zero-order valence-corrected chi connectivity index (χ0v) is 12.9. The number of halogens is 2. The summed E-state index contributed by atoms with van der Waals surface area (Å²) in [5.41, 5.74) is 4.55. The predicted molar refractivity (Wildman–Crippen MR) is 80.9 cm³/mol. The van der Waals surface area contributed by atoms with Crippen molar-refractivity contribution in [2.75, 3.05) is 7.05 Å². The highest BCUT2D eigenvalue weighted by Crippen LogP contribution is 2.30. The molecule has 2 aromatic carbocycles. The highest BCUT2D eigenvalue weighted by Gasteiger charge is 2.17. The van der Waals surface area contributed by atoms with Crippen molar-refractivity contribution in [2.45, 2.75) is 19.9 Å². The fourth-order valence-electron chi connectivity index (χ4n) is 2.19. The van der Waals surface area contributed by atoms with Crippen molar-refractivity contribution in [1.82, 2.24) is 5.32 Å². The molecule has 2 aromatic rings. The van der Waals surface area contributed by atoms with E-state index >= 15 is 0 Å². The molecule has 0 aliphatic rings. The first kappa shape index (κ1) is 14.2. The molecule has 1 nitrogen and oxygen atoms in total. The van der Waals surface area contributed by atoms with E-state index in [0.717, 1.165) is 11.1 Å². The van der Waals surface area contributed by atoms with Crippen LogP contribution in [0.25, 0.3) is 0 Å². The van der Waals surface area contributed by atoms with E-state index in [2.05, 4.69) is 53.3 Å². The highest BCUT2D eigenvalue weighted by atomic mass is 79.9. The lowest BCUT2D eigenvalue weighted by Gasteiger charge is -2.20. The monoisotopic (exact) mass is 321 g/mol. The Morgan fingerprint density at radius 1 is 1.11 bits per heavy atom. The Hall–Kier alpha value is -1.19. The van der Waals surface area contributed by atoms with Crippen molar-refractivity contribution in [2.24, 2.45) is 0 Å². The third-order valence-corrected chi connectivity index (χ3v) is 4.28. The van der Waals surface area contributed by atoms with Gasteiger partial charge in [0.1, 0.15) is 5.82 Å². The largest absolute Gasteiger partial charge is 0.309 e. The Morgan fingerprint density at radius 3 is 2.47 bits per heavy atom. The predicted octanol–water partition coefficient (Wildman–Crippen LogP) is 4.51. The Labute approximate surface area is 122 Å². The minimum atomic E-state index is -0.235. The smallest absolute Gasteiger partial charge is 0.137 e. The van der Waals surface area contributed by atoms with Crippen LogP contribution >= 0.6 is 15.9 Å². The molecule has 1 atom stereocenters. The average Bonchev–Trinajstić information content (AvgIpc) is 2.39. The quantitative estimate of drug-likeness (QED) is 0.876. The van der Waals surface area contributed by atoms with Gasteiger partial charge in [-0.1, -0.05) is 30.3 Å². The maximum atomic E-state index is 13.7. The van der Waals surface area contributed by atoms with Crippen molar-refractivity contribution in [3.05, 3.63) is 68.9 Å². The Bertz CT molecular complexity index is 595. The number of rotatable bonds is 3. The molecule has 2 rings (SSSR count). The van der Waals surface area contributed by atoms with Crippen LogP contribution in [0.3, 0.4) is 0 Å². The van der Waals surface area contributed by atoms with E-state index in [1.807, 2.05) is 13.1 Å². The van der Waals surface area contributed by atoms with Crippen LogP contribution in [0.1, 0.15) is 28.3 Å². The van der Waals surface area contributed by atoms with Gasteiger partial charge in [-0.25, -0.2) is 4.39 Å². The molecule has 0 aliphatic heterocycles. The number of nitrogens with one attached hydrogen (secondary N) is 1. The van der Waals surface area contributed by atoms with Crippen molar-refractivity contribution in [3.63, 3.8) is 0 Å². The normalized spacial score (nSPS) is 12.5. The lowest BCUT2D eigenvalue weighted by molar-refractivity contribution is 0.608. The fourth-order valence-corrected chi connectivity index (χ4v) is 2.68. The molecule has 0 spiro atoms. The summed E-state index contributed by atoms with van der Waals surface area (Å²) in [6, 6.07) is 11.4. The van der Waals surface area contributed by atoms with E-state index in [1.54, 1.807) is 6.07 Å². The van der Waals surface area contributed by atoms with Gasteiger partial charge < -0.3 is 5.32 Å². The maximum absolute atomic E-state index is 13.7. The van der Waals surface area contributed by atoms with Crippen LogP contribution in [0.4, 0.5) is 4.39 Å². The van der Waals surface area contributed by atoms with Crippen LogP contribution in [0.5, 0.6) is 0 Å². The van der Waals surface area contributed by atoms with E-state index < -0.39 is 0 Å². The summed E-state index contributed by atoms with van der Waals surface area (Å²) < 4.78 is 14.2. The molecule has 0 amide bonds. The van der Waals surface area contributed by atoms with Gasteiger partial charge in [0.25, 0.3) is 0 Å². The van der Waals surface area contributed by atoms with Gasteiger partial charge in [-0.05, 0) is 65.1 Å². The summed E-state index contributed by atoms with van der Waals surface area (Å²) in [4.78, 5) is 0. The van der Waals surface area contributed by atoms with Gasteiger partial charge in [-0.15, -0.1) is 0 Å². The van der Waals surface area contributed by atoms with Gasteiger partial charge in [0.2, 0.25) is 0 Å². The number of hydrogen-bond donors (Lipinski definition) is 1.